The van der Waals surface area contributed by atoms with Crippen molar-refractivity contribution < 1.29 is 14.3 Å². The Labute approximate surface area is 132 Å². The summed E-state index contributed by atoms with van der Waals surface area (Å²) in [5.41, 5.74) is 0.768. The van der Waals surface area contributed by atoms with Gasteiger partial charge in [0.2, 0.25) is 5.91 Å². The molecular formula is C18H25NO3. The zero-order valence-electron chi connectivity index (χ0n) is 13.8. The fourth-order valence-corrected chi connectivity index (χ4v) is 2.85. The minimum absolute atomic E-state index is 0.108. The molecular weight excluding hydrogens is 278 g/mol. The van der Waals surface area contributed by atoms with Crippen molar-refractivity contribution in [2.75, 3.05) is 6.54 Å². The number of likely N-dealkylation sites (tertiary alicyclic amines) is 1. The van der Waals surface area contributed by atoms with Crippen molar-refractivity contribution in [2.24, 2.45) is 17.3 Å². The van der Waals surface area contributed by atoms with Crippen LogP contribution >= 0.6 is 0 Å². The van der Waals surface area contributed by atoms with Gasteiger partial charge in [0.25, 0.3) is 0 Å². The molecule has 1 fully saturated rings. The Balaban J connectivity index is 2.03. The van der Waals surface area contributed by atoms with Crippen LogP contribution in [0.5, 0.6) is 0 Å². The lowest BCUT2D eigenvalue weighted by atomic mass is 9.73. The zero-order valence-corrected chi connectivity index (χ0v) is 13.8. The van der Waals surface area contributed by atoms with E-state index in [0.717, 1.165) is 12.0 Å². The van der Waals surface area contributed by atoms with Crippen LogP contribution in [0.15, 0.2) is 30.3 Å². The van der Waals surface area contributed by atoms with Crippen molar-refractivity contribution >= 4 is 12.0 Å². The number of carbonyl (C=O) groups is 2. The first-order valence-corrected chi connectivity index (χ1v) is 7.81. The molecule has 0 N–H and O–H groups in total. The van der Waals surface area contributed by atoms with Gasteiger partial charge in [0, 0.05) is 12.5 Å². The number of hydrogen-bond acceptors (Lipinski definition) is 3. The molecule has 0 radical (unpaired) electrons. The lowest BCUT2D eigenvalue weighted by Crippen LogP contribution is -2.51. The second-order valence-corrected chi connectivity index (χ2v) is 7.25. The van der Waals surface area contributed by atoms with Gasteiger partial charge in [0.15, 0.2) is 0 Å². The lowest BCUT2D eigenvalue weighted by Gasteiger charge is -2.40. The summed E-state index contributed by atoms with van der Waals surface area (Å²) in [7, 11) is 0. The zero-order chi connectivity index (χ0) is 16.3. The maximum absolute atomic E-state index is 12.6. The van der Waals surface area contributed by atoms with E-state index in [1.165, 1.54) is 4.90 Å². The van der Waals surface area contributed by atoms with Gasteiger partial charge in [0.1, 0.15) is 6.61 Å². The predicted octanol–water partition coefficient (Wildman–Crippen LogP) is 3.85. The van der Waals surface area contributed by atoms with Gasteiger partial charge >= 0.3 is 6.09 Å². The van der Waals surface area contributed by atoms with Crippen LogP contribution in [-0.2, 0) is 16.1 Å². The fourth-order valence-electron chi connectivity index (χ4n) is 2.85. The quantitative estimate of drug-likeness (QED) is 0.833. The highest BCUT2D eigenvalue weighted by molar-refractivity contribution is 5.94. The molecule has 4 heteroatoms. The predicted molar refractivity (Wildman–Crippen MR) is 85.1 cm³/mol. The van der Waals surface area contributed by atoms with Crippen molar-refractivity contribution in [2.45, 2.75) is 40.7 Å². The number of imide groups is 1. The topological polar surface area (TPSA) is 46.6 Å². The van der Waals surface area contributed by atoms with Crippen molar-refractivity contribution in [3.8, 4) is 0 Å². The van der Waals surface area contributed by atoms with E-state index in [-0.39, 0.29) is 23.8 Å². The molecule has 1 aromatic carbocycles. The molecule has 2 amide bonds. The number of hydrogen-bond donors (Lipinski definition) is 0. The highest BCUT2D eigenvalue weighted by Crippen LogP contribution is 2.36. The van der Waals surface area contributed by atoms with Gasteiger partial charge < -0.3 is 4.74 Å². The third-order valence-corrected chi connectivity index (χ3v) is 4.17. The van der Waals surface area contributed by atoms with Crippen molar-refractivity contribution in [3.05, 3.63) is 35.9 Å². The molecule has 1 saturated heterocycles. The smallest absolute Gasteiger partial charge is 0.416 e. The van der Waals surface area contributed by atoms with E-state index in [9.17, 15) is 9.59 Å². The minimum atomic E-state index is -0.533. The van der Waals surface area contributed by atoms with E-state index >= 15 is 0 Å². The van der Waals surface area contributed by atoms with E-state index in [1.54, 1.807) is 0 Å². The second-order valence-electron chi connectivity index (χ2n) is 7.25. The maximum atomic E-state index is 12.6. The number of nitrogens with zero attached hydrogens (tertiary/aromatic N) is 1. The highest BCUT2D eigenvalue weighted by Gasteiger charge is 2.42. The maximum Gasteiger partial charge on any atom is 0.416 e. The summed E-state index contributed by atoms with van der Waals surface area (Å²) >= 11 is 0. The van der Waals surface area contributed by atoms with Crippen LogP contribution < -0.4 is 0 Å². The van der Waals surface area contributed by atoms with Gasteiger partial charge in [-0.15, -0.1) is 0 Å². The fraction of sp³-hybridized carbons (Fsp3) is 0.556. The Morgan fingerprint density at radius 1 is 1.27 bits per heavy atom. The summed E-state index contributed by atoms with van der Waals surface area (Å²) in [5, 5.41) is 0. The number of carbonyl (C=O) groups excluding carboxylic acids is 2. The molecule has 1 aromatic rings. The van der Waals surface area contributed by atoms with E-state index in [4.69, 9.17) is 4.74 Å². The van der Waals surface area contributed by atoms with Crippen LogP contribution in [0.3, 0.4) is 0 Å². The van der Waals surface area contributed by atoms with Gasteiger partial charge in [-0.1, -0.05) is 58.0 Å². The molecule has 1 aliphatic rings. The largest absolute Gasteiger partial charge is 0.444 e. The Kier molecular flexibility index (Phi) is 4.89. The molecule has 0 aliphatic carbocycles. The van der Waals surface area contributed by atoms with Crippen LogP contribution in [0.25, 0.3) is 0 Å². The van der Waals surface area contributed by atoms with Crippen LogP contribution in [0.4, 0.5) is 4.79 Å². The molecule has 4 nitrogen and oxygen atoms in total. The number of benzene rings is 1. The SMILES string of the molecule is CC1CC(C(C)(C)C)C(=O)N(C(=O)OCc2ccccc2)C1. The summed E-state index contributed by atoms with van der Waals surface area (Å²) in [6.45, 7) is 8.84. The molecule has 120 valence electrons. The van der Waals surface area contributed by atoms with Crippen LogP contribution in [0.1, 0.15) is 39.7 Å². The van der Waals surface area contributed by atoms with Crippen molar-refractivity contribution in [1.29, 1.82) is 0 Å². The van der Waals surface area contributed by atoms with E-state index in [0.29, 0.717) is 12.5 Å². The first-order valence-electron chi connectivity index (χ1n) is 7.81. The lowest BCUT2D eigenvalue weighted by molar-refractivity contribution is -0.142. The van der Waals surface area contributed by atoms with Gasteiger partial charge in [-0.05, 0) is 23.3 Å². The average molecular weight is 303 g/mol. The summed E-state index contributed by atoms with van der Waals surface area (Å²) < 4.78 is 5.31. The summed E-state index contributed by atoms with van der Waals surface area (Å²) in [6.07, 6.45) is 0.291. The van der Waals surface area contributed by atoms with Gasteiger partial charge in [0.05, 0.1) is 0 Å². The second kappa shape index (κ2) is 6.51. The van der Waals surface area contributed by atoms with E-state index < -0.39 is 6.09 Å². The monoisotopic (exact) mass is 303 g/mol. The number of amides is 2. The standard InChI is InChI=1S/C18H25NO3/c1-13-10-15(18(2,3)4)16(20)19(11-13)17(21)22-12-14-8-6-5-7-9-14/h5-9,13,15H,10-12H2,1-4H3. The third-order valence-electron chi connectivity index (χ3n) is 4.17. The molecule has 2 rings (SSSR count). The number of piperidine rings is 1. The first-order chi connectivity index (χ1) is 10.3. The number of rotatable bonds is 2. The molecule has 0 saturated carbocycles. The summed E-state index contributed by atoms with van der Waals surface area (Å²) in [4.78, 5) is 26.2. The highest BCUT2D eigenvalue weighted by atomic mass is 16.6. The Morgan fingerprint density at radius 3 is 2.50 bits per heavy atom. The molecule has 2 unspecified atom stereocenters. The van der Waals surface area contributed by atoms with Crippen LogP contribution in [-0.4, -0.2) is 23.4 Å². The van der Waals surface area contributed by atoms with Gasteiger partial charge in [-0.25, -0.2) is 9.69 Å². The normalized spacial score (nSPS) is 22.5. The number of ether oxygens (including phenoxy) is 1. The van der Waals surface area contributed by atoms with Crippen molar-refractivity contribution in [1.82, 2.24) is 4.90 Å². The first kappa shape index (κ1) is 16.5. The Hall–Kier alpha value is -1.84. The summed E-state index contributed by atoms with van der Waals surface area (Å²) in [6, 6.07) is 9.49. The molecule has 0 spiro atoms. The molecule has 1 heterocycles. The summed E-state index contributed by atoms with van der Waals surface area (Å²) in [5.74, 6) is 0.0513. The van der Waals surface area contributed by atoms with E-state index in [1.807, 2.05) is 51.1 Å². The van der Waals surface area contributed by atoms with Crippen LogP contribution in [0, 0.1) is 17.3 Å². The van der Waals surface area contributed by atoms with Crippen LogP contribution in [0.2, 0.25) is 0 Å². The molecule has 0 bridgehead atoms. The van der Waals surface area contributed by atoms with Crippen molar-refractivity contribution in [3.63, 3.8) is 0 Å². The Morgan fingerprint density at radius 2 is 1.91 bits per heavy atom. The van der Waals surface area contributed by atoms with Gasteiger partial charge in [-0.2, -0.15) is 0 Å². The van der Waals surface area contributed by atoms with Gasteiger partial charge in [-0.3, -0.25) is 4.79 Å². The van der Waals surface area contributed by atoms with E-state index in [2.05, 4.69) is 6.92 Å². The molecule has 1 aliphatic heterocycles. The molecule has 0 aromatic heterocycles. The minimum Gasteiger partial charge on any atom is -0.444 e. The molecule has 22 heavy (non-hydrogen) atoms. The average Bonchev–Trinajstić information content (AvgIpc) is 2.46. The Bertz CT molecular complexity index is 533. The third kappa shape index (κ3) is 3.87. The molecule has 2 atom stereocenters.